The lowest BCUT2D eigenvalue weighted by atomic mass is 10.2. The van der Waals surface area contributed by atoms with Crippen LogP contribution in [0.5, 0.6) is 0 Å². The van der Waals surface area contributed by atoms with Gasteiger partial charge in [0.2, 0.25) is 0 Å². The molecule has 0 saturated heterocycles. The van der Waals surface area contributed by atoms with Crippen LogP contribution in [0.1, 0.15) is 12.5 Å². The van der Waals surface area contributed by atoms with Crippen LogP contribution in [-0.2, 0) is 10.5 Å². The molecule has 0 aromatic heterocycles. The quantitative estimate of drug-likeness (QED) is 0.786. The summed E-state index contributed by atoms with van der Waals surface area (Å²) in [6.07, 6.45) is 0. The molecule has 1 aromatic carbocycles. The molecule has 0 aliphatic carbocycles. The first-order valence-electron chi connectivity index (χ1n) is 5.20. The second-order valence-corrected chi connectivity index (χ2v) is 4.74. The van der Waals surface area contributed by atoms with Crippen LogP contribution in [0.2, 0.25) is 0 Å². The highest BCUT2D eigenvalue weighted by Crippen LogP contribution is 2.21. The van der Waals surface area contributed by atoms with Crippen LogP contribution in [0.25, 0.3) is 0 Å². The van der Waals surface area contributed by atoms with E-state index in [-0.39, 0.29) is 11.9 Å². The highest BCUT2D eigenvalue weighted by Gasteiger charge is 2.28. The van der Waals surface area contributed by atoms with E-state index in [0.29, 0.717) is 0 Å². The van der Waals surface area contributed by atoms with Crippen molar-refractivity contribution in [3.05, 3.63) is 35.9 Å². The summed E-state index contributed by atoms with van der Waals surface area (Å²) < 4.78 is 0. The molecule has 0 fully saturated rings. The molecule has 1 heterocycles. The van der Waals surface area contributed by atoms with Crippen molar-refractivity contribution in [2.45, 2.75) is 18.7 Å². The Bertz CT molecular complexity index is 416. The number of rotatable bonds is 2. The average molecular weight is 234 g/mol. The lowest BCUT2D eigenvalue weighted by molar-refractivity contribution is -0.119. The fourth-order valence-corrected chi connectivity index (χ4v) is 2.46. The largest absolute Gasteiger partial charge is 0.342 e. The lowest BCUT2D eigenvalue weighted by Crippen LogP contribution is -2.30. The second-order valence-electron chi connectivity index (χ2n) is 3.79. The number of amides is 1. The maximum Gasteiger partial charge on any atom is 0.270 e. The normalized spacial score (nSPS) is 20.1. The molecule has 2 rings (SSSR count). The topological polar surface area (TPSA) is 32.7 Å². The maximum absolute atomic E-state index is 11.4. The van der Waals surface area contributed by atoms with Gasteiger partial charge in [-0.2, -0.15) is 4.99 Å². The van der Waals surface area contributed by atoms with Gasteiger partial charge in [-0.1, -0.05) is 42.1 Å². The molecule has 1 unspecified atom stereocenters. The highest BCUT2D eigenvalue weighted by atomic mass is 32.2. The Morgan fingerprint density at radius 2 is 2.06 bits per heavy atom. The minimum Gasteiger partial charge on any atom is -0.342 e. The fourth-order valence-electron chi connectivity index (χ4n) is 1.45. The molecule has 0 N–H and O–H groups in total. The minimum absolute atomic E-state index is 0.0435. The Morgan fingerprint density at radius 3 is 2.62 bits per heavy atom. The zero-order valence-electron chi connectivity index (χ0n) is 9.38. The zero-order chi connectivity index (χ0) is 11.5. The van der Waals surface area contributed by atoms with Crippen molar-refractivity contribution in [1.29, 1.82) is 0 Å². The number of thioether (sulfide) groups is 1. The van der Waals surface area contributed by atoms with Gasteiger partial charge in [0.1, 0.15) is 6.04 Å². The van der Waals surface area contributed by atoms with E-state index in [9.17, 15) is 4.79 Å². The van der Waals surface area contributed by atoms with Crippen molar-refractivity contribution < 1.29 is 4.79 Å². The Labute approximate surface area is 99.6 Å². The van der Waals surface area contributed by atoms with Gasteiger partial charge in [0, 0.05) is 12.8 Å². The van der Waals surface area contributed by atoms with E-state index in [1.54, 1.807) is 11.8 Å². The molecule has 1 aliphatic rings. The summed E-state index contributed by atoms with van der Waals surface area (Å²) in [6, 6.07) is 10.1. The molecular weight excluding hydrogens is 220 g/mol. The Kier molecular flexibility index (Phi) is 3.29. The molecule has 4 heteroatoms. The summed E-state index contributed by atoms with van der Waals surface area (Å²) >= 11 is 1.61. The third-order valence-corrected chi connectivity index (χ3v) is 3.77. The first kappa shape index (κ1) is 11.2. The molecule has 1 amide bonds. The average Bonchev–Trinajstić information content (AvgIpc) is 2.56. The lowest BCUT2D eigenvalue weighted by Gasteiger charge is -2.17. The number of hydrogen-bond donors (Lipinski definition) is 0. The van der Waals surface area contributed by atoms with Gasteiger partial charge in [-0.15, -0.1) is 0 Å². The molecule has 0 spiro atoms. The van der Waals surface area contributed by atoms with Crippen LogP contribution >= 0.6 is 11.8 Å². The van der Waals surface area contributed by atoms with Gasteiger partial charge in [-0.25, -0.2) is 0 Å². The number of carbonyl (C=O) groups excluding carboxylic acids is 1. The number of aliphatic imine (C=N–C) groups is 1. The van der Waals surface area contributed by atoms with Gasteiger partial charge in [0.15, 0.2) is 5.17 Å². The van der Waals surface area contributed by atoms with Gasteiger partial charge >= 0.3 is 0 Å². The summed E-state index contributed by atoms with van der Waals surface area (Å²) in [4.78, 5) is 17.3. The van der Waals surface area contributed by atoms with Gasteiger partial charge in [0.05, 0.1) is 0 Å². The summed E-state index contributed by atoms with van der Waals surface area (Å²) in [7, 11) is 1.91. The fraction of sp³-hybridized carbons (Fsp3) is 0.333. The van der Waals surface area contributed by atoms with Crippen LogP contribution in [0.15, 0.2) is 35.3 Å². The molecule has 1 aromatic rings. The van der Waals surface area contributed by atoms with Crippen LogP contribution in [0.4, 0.5) is 0 Å². The number of carbonyl (C=O) groups is 1. The number of nitrogens with zero attached hydrogens (tertiary/aromatic N) is 2. The van der Waals surface area contributed by atoms with Crippen LogP contribution < -0.4 is 0 Å². The molecule has 84 valence electrons. The summed E-state index contributed by atoms with van der Waals surface area (Å²) in [5, 5.41) is 0.821. The van der Waals surface area contributed by atoms with E-state index in [0.717, 1.165) is 10.9 Å². The molecule has 0 radical (unpaired) electrons. The van der Waals surface area contributed by atoms with E-state index < -0.39 is 0 Å². The zero-order valence-corrected chi connectivity index (χ0v) is 10.2. The van der Waals surface area contributed by atoms with Gasteiger partial charge in [-0.05, 0) is 12.5 Å². The molecule has 1 atom stereocenters. The van der Waals surface area contributed by atoms with Crippen LogP contribution in [0.3, 0.4) is 0 Å². The van der Waals surface area contributed by atoms with Crippen molar-refractivity contribution in [3.8, 4) is 0 Å². The smallest absolute Gasteiger partial charge is 0.270 e. The van der Waals surface area contributed by atoms with Crippen molar-refractivity contribution in [2.75, 3.05) is 7.05 Å². The Hall–Kier alpha value is -1.29. The van der Waals surface area contributed by atoms with Crippen LogP contribution in [0, 0.1) is 0 Å². The van der Waals surface area contributed by atoms with E-state index in [1.165, 1.54) is 5.56 Å². The summed E-state index contributed by atoms with van der Waals surface area (Å²) in [5.41, 5.74) is 1.25. The summed E-state index contributed by atoms with van der Waals surface area (Å²) in [5.74, 6) is 0.808. The van der Waals surface area contributed by atoms with E-state index in [4.69, 9.17) is 0 Å². The SMILES string of the molecule is CC1C(=O)N=C(SCc2ccccc2)N1C. The van der Waals surface area contributed by atoms with Gasteiger partial charge in [0.25, 0.3) is 5.91 Å². The van der Waals surface area contributed by atoms with Crippen molar-refractivity contribution in [2.24, 2.45) is 4.99 Å². The predicted molar refractivity (Wildman–Crippen MR) is 67.4 cm³/mol. The number of amidine groups is 1. The maximum atomic E-state index is 11.4. The molecular formula is C12H14N2OS. The molecule has 3 nitrogen and oxygen atoms in total. The van der Waals surface area contributed by atoms with E-state index in [1.807, 2.05) is 37.1 Å². The first-order chi connectivity index (χ1) is 7.68. The van der Waals surface area contributed by atoms with Gasteiger partial charge < -0.3 is 4.90 Å². The van der Waals surface area contributed by atoms with Crippen molar-refractivity contribution >= 4 is 22.8 Å². The third-order valence-electron chi connectivity index (χ3n) is 2.66. The number of likely N-dealkylation sites (N-methyl/N-ethyl adjacent to an activating group) is 1. The number of hydrogen-bond acceptors (Lipinski definition) is 3. The molecule has 0 saturated carbocycles. The molecule has 0 bridgehead atoms. The van der Waals surface area contributed by atoms with Crippen molar-refractivity contribution in [3.63, 3.8) is 0 Å². The standard InChI is InChI=1S/C12H14N2OS/c1-9-11(15)13-12(14(9)2)16-8-10-6-4-3-5-7-10/h3-7,9H,8H2,1-2H3. The Balaban J connectivity index is 1.97. The van der Waals surface area contributed by atoms with Crippen molar-refractivity contribution in [1.82, 2.24) is 4.90 Å². The second kappa shape index (κ2) is 4.70. The summed E-state index contributed by atoms with van der Waals surface area (Å²) in [6.45, 7) is 1.88. The predicted octanol–water partition coefficient (Wildman–Crippen LogP) is 2.14. The van der Waals surface area contributed by atoms with Gasteiger partial charge in [-0.3, -0.25) is 4.79 Å². The minimum atomic E-state index is -0.113. The Morgan fingerprint density at radius 1 is 1.38 bits per heavy atom. The first-order valence-corrected chi connectivity index (χ1v) is 6.19. The molecule has 16 heavy (non-hydrogen) atoms. The monoisotopic (exact) mass is 234 g/mol. The highest BCUT2D eigenvalue weighted by molar-refractivity contribution is 8.13. The molecule has 1 aliphatic heterocycles. The van der Waals surface area contributed by atoms with E-state index in [2.05, 4.69) is 17.1 Å². The van der Waals surface area contributed by atoms with Crippen LogP contribution in [-0.4, -0.2) is 29.1 Å². The third kappa shape index (κ3) is 2.27. The number of benzene rings is 1. The van der Waals surface area contributed by atoms with E-state index >= 15 is 0 Å².